The Morgan fingerprint density at radius 2 is 1.07 bits per heavy atom. The topological polar surface area (TPSA) is 174 Å². The Bertz CT molecular complexity index is 370. The van der Waals surface area contributed by atoms with E-state index in [1.165, 1.54) is 4.90 Å². The van der Waals surface area contributed by atoms with E-state index in [4.69, 9.17) is 29.9 Å². The summed E-state index contributed by atoms with van der Waals surface area (Å²) in [4.78, 5) is 44.9. The van der Waals surface area contributed by atoms with Crippen LogP contribution in [-0.2, 0) is 28.7 Å². The summed E-state index contributed by atoms with van der Waals surface area (Å²) >= 11 is 0. The number of aliphatic carboxylic acids is 2. The molecule has 0 rings (SSSR count). The lowest BCUT2D eigenvalue weighted by atomic mass is 10.4. The molecule has 28 heavy (non-hydrogen) atoms. The van der Waals surface area contributed by atoms with Crippen LogP contribution in [0, 0.1) is 0 Å². The van der Waals surface area contributed by atoms with Crippen LogP contribution in [0.15, 0.2) is 0 Å². The van der Waals surface area contributed by atoms with Crippen LogP contribution in [0.1, 0.15) is 0 Å². The number of ether oxygens (including phenoxy) is 2. The standard InChI is InChI=1S/C14H24N2O8.2CH4O/c17-5-1-15(2-6-18)3-7-23-9-10-24-8-4-16(11-13(19)20)12-14(21)22;2*1-2/h5-6H,1-4,7-12H2,(H,19,20)(H,21,22);2*2H,1H3. The van der Waals surface area contributed by atoms with Crippen molar-refractivity contribution < 1.29 is 49.1 Å². The highest BCUT2D eigenvalue weighted by Crippen LogP contribution is 1.90. The molecule has 0 saturated heterocycles. The molecular formula is C16H32N2O10. The third-order valence-corrected chi connectivity index (χ3v) is 2.86. The van der Waals surface area contributed by atoms with Crippen LogP contribution < -0.4 is 0 Å². The summed E-state index contributed by atoms with van der Waals surface area (Å²) < 4.78 is 10.5. The average Bonchev–Trinajstić information content (AvgIpc) is 2.66. The van der Waals surface area contributed by atoms with Crippen molar-refractivity contribution in [1.82, 2.24) is 9.80 Å². The Balaban J connectivity index is -0.00000146. The van der Waals surface area contributed by atoms with Crippen molar-refractivity contribution in [3.8, 4) is 0 Å². The third-order valence-electron chi connectivity index (χ3n) is 2.86. The maximum atomic E-state index is 10.6. The molecule has 0 aliphatic heterocycles. The largest absolute Gasteiger partial charge is 0.480 e. The predicted molar refractivity (Wildman–Crippen MR) is 98.2 cm³/mol. The van der Waals surface area contributed by atoms with Crippen molar-refractivity contribution in [2.45, 2.75) is 0 Å². The zero-order chi connectivity index (χ0) is 22.2. The third kappa shape index (κ3) is 24.0. The summed E-state index contributed by atoms with van der Waals surface area (Å²) in [6.45, 7) is 1.34. The van der Waals surface area contributed by atoms with Crippen LogP contribution in [0.25, 0.3) is 0 Å². The van der Waals surface area contributed by atoms with Gasteiger partial charge in [-0.3, -0.25) is 19.4 Å². The molecule has 12 heteroatoms. The van der Waals surface area contributed by atoms with E-state index in [0.29, 0.717) is 32.3 Å². The molecule has 166 valence electrons. The number of hydrogen-bond donors (Lipinski definition) is 4. The fourth-order valence-corrected chi connectivity index (χ4v) is 1.77. The predicted octanol–water partition coefficient (Wildman–Crippen LogP) is -2.59. The molecule has 0 amide bonds. The van der Waals surface area contributed by atoms with Crippen molar-refractivity contribution in [2.75, 3.05) is 79.9 Å². The molecule has 0 spiro atoms. The minimum atomic E-state index is -1.10. The van der Waals surface area contributed by atoms with Gasteiger partial charge in [0.05, 0.1) is 52.6 Å². The fraction of sp³-hybridized carbons (Fsp3) is 0.750. The minimum absolute atomic E-state index is 0.168. The van der Waals surface area contributed by atoms with Gasteiger partial charge >= 0.3 is 11.9 Å². The molecule has 0 aromatic rings. The summed E-state index contributed by atoms with van der Waals surface area (Å²) in [5.74, 6) is -2.20. The van der Waals surface area contributed by atoms with Crippen LogP contribution >= 0.6 is 0 Å². The monoisotopic (exact) mass is 412 g/mol. The second-order valence-electron chi connectivity index (χ2n) is 4.82. The molecule has 0 unspecified atom stereocenters. The first-order valence-corrected chi connectivity index (χ1v) is 8.30. The molecule has 0 fully saturated rings. The molecule has 0 radical (unpaired) electrons. The van der Waals surface area contributed by atoms with Gasteiger partial charge in [-0.05, 0) is 0 Å². The summed E-state index contributed by atoms with van der Waals surface area (Å²) in [6, 6.07) is 0. The zero-order valence-corrected chi connectivity index (χ0v) is 16.4. The molecule has 0 aromatic carbocycles. The lowest BCUT2D eigenvalue weighted by Crippen LogP contribution is -2.37. The average molecular weight is 412 g/mol. The molecule has 0 saturated carbocycles. The molecule has 0 aliphatic rings. The number of rotatable bonds is 17. The Morgan fingerprint density at radius 1 is 0.714 bits per heavy atom. The van der Waals surface area contributed by atoms with E-state index in [2.05, 4.69) is 0 Å². The van der Waals surface area contributed by atoms with E-state index in [1.807, 2.05) is 0 Å². The lowest BCUT2D eigenvalue weighted by molar-refractivity contribution is -0.142. The first kappa shape index (κ1) is 30.8. The summed E-state index contributed by atoms with van der Waals surface area (Å²) in [7, 11) is 2.00. The number of carbonyl (C=O) groups excluding carboxylic acids is 2. The zero-order valence-electron chi connectivity index (χ0n) is 16.4. The van der Waals surface area contributed by atoms with Gasteiger partial charge in [0.2, 0.25) is 0 Å². The quantitative estimate of drug-likeness (QED) is 0.145. The van der Waals surface area contributed by atoms with Gasteiger partial charge in [0.15, 0.2) is 0 Å². The Labute approximate surface area is 164 Å². The molecular weight excluding hydrogens is 380 g/mol. The summed E-state index contributed by atoms with van der Waals surface area (Å²) in [5.41, 5.74) is 0. The molecule has 0 atom stereocenters. The Kier molecular flexibility index (Phi) is 27.5. The molecule has 0 bridgehead atoms. The SMILES string of the molecule is CO.CO.O=CCN(CC=O)CCOCCOCCN(CC(=O)O)CC(=O)O. The van der Waals surface area contributed by atoms with Gasteiger partial charge in [-0.25, -0.2) is 0 Å². The smallest absolute Gasteiger partial charge is 0.317 e. The first-order chi connectivity index (χ1) is 13.5. The van der Waals surface area contributed by atoms with Crippen LogP contribution in [-0.4, -0.2) is 135 Å². The van der Waals surface area contributed by atoms with Crippen molar-refractivity contribution in [1.29, 1.82) is 0 Å². The van der Waals surface area contributed by atoms with Gasteiger partial charge < -0.3 is 39.5 Å². The number of aliphatic hydroxyl groups is 2. The van der Waals surface area contributed by atoms with Gasteiger partial charge in [-0.1, -0.05) is 0 Å². The number of aldehydes is 2. The van der Waals surface area contributed by atoms with E-state index in [0.717, 1.165) is 14.2 Å². The van der Waals surface area contributed by atoms with Crippen molar-refractivity contribution in [2.24, 2.45) is 0 Å². The highest BCUT2D eigenvalue weighted by atomic mass is 16.5. The number of carbonyl (C=O) groups is 4. The van der Waals surface area contributed by atoms with E-state index >= 15 is 0 Å². The highest BCUT2D eigenvalue weighted by molar-refractivity contribution is 5.72. The number of nitrogens with zero attached hydrogens (tertiary/aromatic N) is 2. The summed E-state index contributed by atoms with van der Waals surface area (Å²) in [5, 5.41) is 31.3. The number of carboxylic acid groups (broad SMARTS) is 2. The molecule has 0 aromatic heterocycles. The molecule has 4 N–H and O–H groups in total. The van der Waals surface area contributed by atoms with Gasteiger partial charge in [0, 0.05) is 27.3 Å². The van der Waals surface area contributed by atoms with Crippen LogP contribution in [0.4, 0.5) is 0 Å². The molecule has 12 nitrogen and oxygen atoms in total. The van der Waals surface area contributed by atoms with E-state index in [-0.39, 0.29) is 45.9 Å². The van der Waals surface area contributed by atoms with Gasteiger partial charge in [0.25, 0.3) is 0 Å². The second kappa shape index (κ2) is 25.0. The number of carboxylic acids is 2. The molecule has 0 heterocycles. The summed E-state index contributed by atoms with van der Waals surface area (Å²) in [6.07, 6.45) is 1.43. The van der Waals surface area contributed by atoms with Gasteiger partial charge in [0.1, 0.15) is 12.6 Å². The van der Waals surface area contributed by atoms with Gasteiger partial charge in [-0.15, -0.1) is 0 Å². The number of hydrogen-bond acceptors (Lipinski definition) is 10. The number of aliphatic hydroxyl groups excluding tert-OH is 2. The minimum Gasteiger partial charge on any atom is -0.480 e. The van der Waals surface area contributed by atoms with Crippen molar-refractivity contribution >= 4 is 24.5 Å². The van der Waals surface area contributed by atoms with Crippen LogP contribution in [0.3, 0.4) is 0 Å². The Hall–Kier alpha value is -1.96. The van der Waals surface area contributed by atoms with Crippen molar-refractivity contribution in [3.63, 3.8) is 0 Å². The fourth-order valence-electron chi connectivity index (χ4n) is 1.77. The maximum absolute atomic E-state index is 10.6. The van der Waals surface area contributed by atoms with E-state index in [9.17, 15) is 19.2 Å². The van der Waals surface area contributed by atoms with E-state index in [1.54, 1.807) is 4.90 Å². The second-order valence-corrected chi connectivity index (χ2v) is 4.82. The van der Waals surface area contributed by atoms with Crippen LogP contribution in [0.5, 0.6) is 0 Å². The normalized spacial score (nSPS) is 9.79. The highest BCUT2D eigenvalue weighted by Gasteiger charge is 2.12. The van der Waals surface area contributed by atoms with Gasteiger partial charge in [-0.2, -0.15) is 0 Å². The molecule has 0 aliphatic carbocycles. The Morgan fingerprint density at radius 3 is 1.39 bits per heavy atom. The first-order valence-electron chi connectivity index (χ1n) is 8.30. The maximum Gasteiger partial charge on any atom is 0.317 e. The lowest BCUT2D eigenvalue weighted by Gasteiger charge is -2.18. The van der Waals surface area contributed by atoms with Crippen LogP contribution in [0.2, 0.25) is 0 Å². The van der Waals surface area contributed by atoms with Crippen molar-refractivity contribution in [3.05, 3.63) is 0 Å². The van der Waals surface area contributed by atoms with E-state index < -0.39 is 11.9 Å².